The van der Waals surface area contributed by atoms with E-state index in [1.165, 1.54) is 5.57 Å². The Labute approximate surface area is 145 Å². The molecular weight excluding hydrogens is 302 g/mol. The zero-order valence-electron chi connectivity index (χ0n) is 15.0. The Morgan fingerprint density at radius 1 is 1.29 bits per heavy atom. The van der Waals surface area contributed by atoms with Gasteiger partial charge in [-0.3, -0.25) is 4.79 Å². The first-order valence-electron chi connectivity index (χ1n) is 9.19. The summed E-state index contributed by atoms with van der Waals surface area (Å²) in [5.41, 5.74) is 1.26. The van der Waals surface area contributed by atoms with Crippen LogP contribution >= 0.6 is 0 Å². The van der Waals surface area contributed by atoms with Crippen molar-refractivity contribution >= 4 is 5.91 Å². The Balaban J connectivity index is 1.86. The molecule has 2 fully saturated rings. The molecule has 0 bridgehead atoms. The van der Waals surface area contributed by atoms with Crippen LogP contribution in [0.1, 0.15) is 52.4 Å². The predicted octanol–water partition coefficient (Wildman–Crippen LogP) is 3.38. The van der Waals surface area contributed by atoms with Crippen molar-refractivity contribution in [3.63, 3.8) is 0 Å². The Bertz CT molecular complexity index is 495. The molecule has 0 unspecified atom stereocenters. The van der Waals surface area contributed by atoms with Gasteiger partial charge in [-0.15, -0.1) is 0 Å². The van der Waals surface area contributed by atoms with Crippen LogP contribution in [0.3, 0.4) is 0 Å². The fourth-order valence-electron chi connectivity index (χ4n) is 3.60. The highest BCUT2D eigenvalue weighted by Gasteiger charge is 2.38. The molecule has 0 spiro atoms. The van der Waals surface area contributed by atoms with E-state index in [1.807, 2.05) is 37.0 Å². The third kappa shape index (κ3) is 5.32. The normalized spacial score (nSPS) is 29.3. The first-order valence-corrected chi connectivity index (χ1v) is 9.19. The number of nitrogens with zero attached hydrogens (tertiary/aromatic N) is 1. The summed E-state index contributed by atoms with van der Waals surface area (Å²) >= 11 is 0. The third-order valence-electron chi connectivity index (χ3n) is 4.91. The van der Waals surface area contributed by atoms with E-state index >= 15 is 0 Å². The van der Waals surface area contributed by atoms with Gasteiger partial charge in [0, 0.05) is 6.54 Å². The highest BCUT2D eigenvalue weighted by atomic mass is 16.5. The number of carbonyl (C=O) groups is 1. The molecule has 4 heteroatoms. The number of likely N-dealkylation sites (tertiary alicyclic amines) is 1. The van der Waals surface area contributed by atoms with Crippen molar-refractivity contribution in [1.82, 2.24) is 4.90 Å². The Morgan fingerprint density at radius 3 is 2.75 bits per heavy atom. The van der Waals surface area contributed by atoms with Crippen molar-refractivity contribution in [1.29, 1.82) is 0 Å². The van der Waals surface area contributed by atoms with Gasteiger partial charge in [0.2, 0.25) is 5.91 Å². The molecular formula is C20H31NO3. The average molecular weight is 333 g/mol. The van der Waals surface area contributed by atoms with Crippen molar-refractivity contribution in [2.75, 3.05) is 13.2 Å². The van der Waals surface area contributed by atoms with Gasteiger partial charge in [0.05, 0.1) is 31.3 Å². The summed E-state index contributed by atoms with van der Waals surface area (Å²) in [6, 6.07) is 0.135. The lowest BCUT2D eigenvalue weighted by Crippen LogP contribution is -2.47. The number of allylic oxidation sites excluding steroid dienone is 5. The minimum absolute atomic E-state index is 0.0754. The zero-order valence-corrected chi connectivity index (χ0v) is 15.0. The molecule has 0 aromatic rings. The Morgan fingerprint density at radius 2 is 2.08 bits per heavy atom. The molecule has 1 saturated carbocycles. The molecule has 4 nitrogen and oxygen atoms in total. The van der Waals surface area contributed by atoms with Crippen molar-refractivity contribution in [3.8, 4) is 0 Å². The average Bonchev–Trinajstić information content (AvgIpc) is 2.92. The van der Waals surface area contributed by atoms with Crippen molar-refractivity contribution in [2.24, 2.45) is 0 Å². The van der Waals surface area contributed by atoms with Crippen LogP contribution in [0.25, 0.3) is 0 Å². The van der Waals surface area contributed by atoms with Crippen LogP contribution in [0.4, 0.5) is 0 Å². The largest absolute Gasteiger partial charge is 0.391 e. The highest BCUT2D eigenvalue weighted by molar-refractivity contribution is 5.79. The predicted molar refractivity (Wildman–Crippen MR) is 96.7 cm³/mol. The first kappa shape index (κ1) is 18.9. The summed E-state index contributed by atoms with van der Waals surface area (Å²) in [5.74, 6) is 0.0754. The number of aliphatic hydroxyl groups is 1. The molecule has 1 aliphatic carbocycles. The van der Waals surface area contributed by atoms with E-state index in [0.717, 1.165) is 32.1 Å². The second-order valence-electron chi connectivity index (χ2n) is 6.66. The van der Waals surface area contributed by atoms with Crippen LogP contribution in [-0.4, -0.2) is 47.3 Å². The molecule has 0 aromatic carbocycles. The summed E-state index contributed by atoms with van der Waals surface area (Å²) in [5, 5.41) is 9.75. The molecule has 3 atom stereocenters. The molecule has 2 rings (SSSR count). The number of carbonyl (C=O) groups excluding carboxylic acids is 1. The number of hydrogen-bond donors (Lipinski definition) is 1. The second-order valence-corrected chi connectivity index (χ2v) is 6.66. The molecule has 1 N–H and O–H groups in total. The van der Waals surface area contributed by atoms with E-state index < -0.39 is 6.10 Å². The fraction of sp³-hybridized carbons (Fsp3) is 0.650. The zero-order chi connectivity index (χ0) is 17.4. The maximum absolute atomic E-state index is 12.1. The lowest BCUT2D eigenvalue weighted by Gasteiger charge is -2.37. The smallest absolute Gasteiger partial charge is 0.225 e. The van der Waals surface area contributed by atoms with Gasteiger partial charge in [0.15, 0.2) is 0 Å². The van der Waals surface area contributed by atoms with Crippen LogP contribution in [-0.2, 0) is 9.53 Å². The number of ether oxygens (including phenoxy) is 1. The van der Waals surface area contributed by atoms with Gasteiger partial charge in [0.1, 0.15) is 0 Å². The molecule has 134 valence electrons. The fourth-order valence-corrected chi connectivity index (χ4v) is 3.60. The Kier molecular flexibility index (Phi) is 7.73. The standard InChI is InChI=1S/C20H31NO3/c1-3-5-6-9-16(4-2)12-13-24-19-11-8-7-10-18(19)21-15-17(22)14-20(21)23/h3-6,9,17-19,22H,7-8,10-15H2,1-2H3/b5-3-,9-6-,16-4+/t17-,18-,19+/m0/s1. The van der Waals surface area contributed by atoms with Crippen LogP contribution in [0.5, 0.6) is 0 Å². The van der Waals surface area contributed by atoms with Gasteiger partial charge in [-0.25, -0.2) is 0 Å². The number of β-amino-alcohol motifs (C(OH)–C–C–N with tert-alkyl or cyclic N) is 1. The molecule has 0 radical (unpaired) electrons. The number of amides is 1. The van der Waals surface area contributed by atoms with Crippen LogP contribution in [0.2, 0.25) is 0 Å². The first-order chi connectivity index (χ1) is 11.7. The molecule has 1 amide bonds. The number of hydrogen-bond acceptors (Lipinski definition) is 3. The van der Waals surface area contributed by atoms with Crippen molar-refractivity contribution in [2.45, 2.75) is 70.6 Å². The second kappa shape index (κ2) is 9.80. The van der Waals surface area contributed by atoms with Gasteiger partial charge < -0.3 is 14.7 Å². The number of rotatable bonds is 7. The summed E-state index contributed by atoms with van der Waals surface area (Å²) in [4.78, 5) is 13.9. The van der Waals surface area contributed by atoms with Crippen LogP contribution in [0, 0.1) is 0 Å². The summed E-state index contributed by atoms with van der Waals surface area (Å²) < 4.78 is 6.16. The van der Waals surface area contributed by atoms with Gasteiger partial charge in [-0.05, 0) is 33.1 Å². The Hall–Kier alpha value is -1.39. The lowest BCUT2D eigenvalue weighted by atomic mass is 9.91. The van der Waals surface area contributed by atoms with Gasteiger partial charge >= 0.3 is 0 Å². The maximum Gasteiger partial charge on any atom is 0.225 e. The maximum atomic E-state index is 12.1. The molecule has 2 aliphatic rings. The van der Waals surface area contributed by atoms with E-state index in [9.17, 15) is 9.90 Å². The van der Waals surface area contributed by atoms with E-state index in [2.05, 4.69) is 12.2 Å². The molecule has 1 saturated heterocycles. The van der Waals surface area contributed by atoms with Crippen LogP contribution < -0.4 is 0 Å². The number of aliphatic hydroxyl groups excluding tert-OH is 1. The van der Waals surface area contributed by atoms with Gasteiger partial charge in [-0.1, -0.05) is 48.8 Å². The van der Waals surface area contributed by atoms with Gasteiger partial charge in [-0.2, -0.15) is 0 Å². The monoisotopic (exact) mass is 333 g/mol. The summed E-state index contributed by atoms with van der Waals surface area (Å²) in [6.07, 6.45) is 15.3. The third-order valence-corrected chi connectivity index (χ3v) is 4.91. The topological polar surface area (TPSA) is 49.8 Å². The van der Waals surface area contributed by atoms with Crippen molar-refractivity contribution < 1.29 is 14.6 Å². The van der Waals surface area contributed by atoms with Crippen LogP contribution in [0.15, 0.2) is 36.0 Å². The molecule has 1 heterocycles. The van der Waals surface area contributed by atoms with Gasteiger partial charge in [0.25, 0.3) is 0 Å². The quantitative estimate of drug-likeness (QED) is 0.727. The van der Waals surface area contributed by atoms with E-state index in [1.54, 1.807) is 0 Å². The SMILES string of the molecule is C\C=C/C=C\C(=C/C)CCO[C@@H]1CCCC[C@@H]1N1C[C@@H](O)CC1=O. The van der Waals surface area contributed by atoms with E-state index in [4.69, 9.17) is 4.74 Å². The lowest BCUT2D eigenvalue weighted by molar-refractivity contribution is -0.134. The minimum atomic E-state index is -0.508. The van der Waals surface area contributed by atoms with Crippen molar-refractivity contribution in [3.05, 3.63) is 36.0 Å². The van der Waals surface area contributed by atoms with E-state index in [0.29, 0.717) is 13.2 Å². The summed E-state index contributed by atoms with van der Waals surface area (Å²) in [6.45, 7) is 5.19. The van der Waals surface area contributed by atoms with E-state index in [-0.39, 0.29) is 24.5 Å². The molecule has 1 aliphatic heterocycles. The minimum Gasteiger partial charge on any atom is -0.391 e. The summed E-state index contributed by atoms with van der Waals surface area (Å²) in [7, 11) is 0. The molecule has 24 heavy (non-hydrogen) atoms. The highest BCUT2D eigenvalue weighted by Crippen LogP contribution is 2.29. The molecule has 0 aromatic heterocycles.